The van der Waals surface area contributed by atoms with Crippen LogP contribution in [0.15, 0.2) is 42.5 Å². The number of benzene rings is 2. The Morgan fingerprint density at radius 2 is 1.58 bits per heavy atom. The van der Waals surface area contributed by atoms with Crippen molar-refractivity contribution in [1.29, 1.82) is 0 Å². The first-order chi connectivity index (χ1) is 21.3. The molecule has 15 nitrogen and oxygen atoms in total. The van der Waals surface area contributed by atoms with Gasteiger partial charge in [-0.25, -0.2) is 9.59 Å². The molecule has 2 aromatic rings. The minimum absolute atomic E-state index is 0.00307. The lowest BCUT2D eigenvalue weighted by atomic mass is 9.41. The molecule has 4 aliphatic heterocycles. The molecule has 242 valence electrons. The van der Waals surface area contributed by atoms with E-state index in [-0.39, 0.29) is 25.0 Å². The van der Waals surface area contributed by atoms with Crippen molar-refractivity contribution in [2.24, 2.45) is 11.3 Å². The van der Waals surface area contributed by atoms with Gasteiger partial charge in [0.2, 0.25) is 0 Å². The van der Waals surface area contributed by atoms with Crippen LogP contribution in [-0.2, 0) is 28.4 Å². The second-order valence-corrected chi connectivity index (χ2v) is 12.5. The fourth-order valence-corrected chi connectivity index (χ4v) is 7.82. The van der Waals surface area contributed by atoms with Crippen LogP contribution in [0.1, 0.15) is 40.5 Å². The molecule has 4 saturated heterocycles. The lowest BCUT2D eigenvalue weighted by Crippen LogP contribution is -2.80. The SMILES string of the molecule is C[C@@]12C[C@@]3(O)O[C@@H](O1)[C@]1(COC(=O)c4ccccc4)[C@H]3C[C@@]12O[C@@H]1O[C@H](COC(=O)c2cc(O)c(O)c(O)c2)[C@@H](O)[C@H](O)[C@H]1O. The first-order valence-corrected chi connectivity index (χ1v) is 14.3. The highest BCUT2D eigenvalue weighted by Gasteiger charge is 2.94. The predicted octanol–water partition coefficient (Wildman–Crippen LogP) is -0.376. The number of ether oxygens (including phenoxy) is 6. The van der Waals surface area contributed by atoms with Crippen LogP contribution in [-0.4, -0.2) is 115 Å². The van der Waals surface area contributed by atoms with Gasteiger partial charge < -0.3 is 64.2 Å². The largest absolute Gasteiger partial charge is 0.504 e. The topological polar surface area (TPSA) is 231 Å². The number of phenols is 3. The van der Waals surface area contributed by atoms with E-state index in [1.807, 2.05) is 0 Å². The molecule has 0 unspecified atom stereocenters. The second kappa shape index (κ2) is 9.98. The minimum Gasteiger partial charge on any atom is -0.504 e. The quantitative estimate of drug-likeness (QED) is 0.145. The molecule has 3 saturated carbocycles. The highest BCUT2D eigenvalue weighted by atomic mass is 16.8. The smallest absolute Gasteiger partial charge is 0.338 e. The molecule has 45 heavy (non-hydrogen) atoms. The molecule has 11 atom stereocenters. The molecule has 3 aliphatic carbocycles. The normalized spacial score (nSPS) is 42.3. The molecule has 0 spiro atoms. The lowest BCUT2D eigenvalue weighted by Gasteiger charge is -2.67. The standard InChI is InChI=1S/C30H32O15/c1-27-11-29(39)18-9-30(27,28(18,26(44-27)45-29)12-41-23(37)13-5-3-2-4-6-13)43-25-22(36)21(35)20(34)17(42-25)10-40-24(38)14-7-15(31)19(33)16(32)8-14/h2-8,17-18,20-22,25-26,31-36,39H,9-12H2,1H3/t17-,18-,20-,21+,22-,25+,26-,27+,28+,29-,30+/m1/s1. The molecule has 0 amide bonds. The summed E-state index contributed by atoms with van der Waals surface area (Å²) in [6.45, 7) is 0.780. The van der Waals surface area contributed by atoms with Crippen molar-refractivity contribution in [2.75, 3.05) is 13.2 Å². The van der Waals surface area contributed by atoms with Crippen molar-refractivity contribution >= 4 is 11.9 Å². The van der Waals surface area contributed by atoms with Gasteiger partial charge in [0.25, 0.3) is 0 Å². The zero-order valence-electron chi connectivity index (χ0n) is 23.8. The Balaban J connectivity index is 1.11. The average Bonchev–Trinajstić information content (AvgIpc) is 3.20. The Morgan fingerprint density at radius 3 is 2.27 bits per heavy atom. The zero-order chi connectivity index (χ0) is 32.1. The maximum Gasteiger partial charge on any atom is 0.338 e. The third-order valence-corrected chi connectivity index (χ3v) is 10.1. The van der Waals surface area contributed by atoms with E-state index in [1.54, 1.807) is 37.3 Å². The van der Waals surface area contributed by atoms with E-state index in [4.69, 9.17) is 28.4 Å². The number of aromatic hydroxyl groups is 3. The number of esters is 2. The minimum atomic E-state index is -1.81. The van der Waals surface area contributed by atoms with Crippen LogP contribution in [0.5, 0.6) is 17.2 Å². The summed E-state index contributed by atoms with van der Waals surface area (Å²) >= 11 is 0. The summed E-state index contributed by atoms with van der Waals surface area (Å²) in [4.78, 5) is 25.5. The highest BCUT2D eigenvalue weighted by Crippen LogP contribution is 2.81. The molecular formula is C30H32O15. The summed E-state index contributed by atoms with van der Waals surface area (Å²) < 4.78 is 35.3. The number of aliphatic hydroxyl groups excluding tert-OH is 3. The van der Waals surface area contributed by atoms with Crippen molar-refractivity contribution < 1.29 is 73.8 Å². The van der Waals surface area contributed by atoms with Gasteiger partial charge in [0.1, 0.15) is 48.8 Å². The number of carbonyl (C=O) groups excluding carboxylic acids is 2. The fraction of sp³-hybridized carbons (Fsp3) is 0.533. The maximum atomic E-state index is 12.9. The van der Waals surface area contributed by atoms with Crippen LogP contribution >= 0.6 is 0 Å². The zero-order valence-corrected chi connectivity index (χ0v) is 23.8. The number of carbonyl (C=O) groups is 2. The Bertz CT molecular complexity index is 1510. The summed E-state index contributed by atoms with van der Waals surface area (Å²) in [5.41, 5.74) is -3.78. The molecule has 4 heterocycles. The molecule has 15 heteroatoms. The molecule has 9 rings (SSSR count). The van der Waals surface area contributed by atoms with E-state index in [1.165, 1.54) is 0 Å². The first kappa shape index (κ1) is 30.1. The van der Waals surface area contributed by atoms with Crippen LogP contribution < -0.4 is 0 Å². The summed E-state index contributed by atoms with van der Waals surface area (Å²) in [7, 11) is 0. The predicted molar refractivity (Wildman–Crippen MR) is 143 cm³/mol. The summed E-state index contributed by atoms with van der Waals surface area (Å²) in [6.07, 6.45) is -9.21. The van der Waals surface area contributed by atoms with E-state index >= 15 is 0 Å². The van der Waals surface area contributed by atoms with Crippen LogP contribution in [0.4, 0.5) is 0 Å². The van der Waals surface area contributed by atoms with Gasteiger partial charge in [-0.1, -0.05) is 18.2 Å². The van der Waals surface area contributed by atoms with Gasteiger partial charge in [-0.2, -0.15) is 0 Å². The summed E-state index contributed by atoms with van der Waals surface area (Å²) in [6, 6.07) is 10.0. The molecule has 7 aliphatic rings. The van der Waals surface area contributed by atoms with E-state index in [0.29, 0.717) is 5.56 Å². The molecule has 0 radical (unpaired) electrons. The molecular weight excluding hydrogens is 600 g/mol. The molecule has 7 N–H and O–H groups in total. The first-order valence-electron chi connectivity index (χ1n) is 14.3. The van der Waals surface area contributed by atoms with Gasteiger partial charge in [-0.15, -0.1) is 0 Å². The number of hydrogen-bond acceptors (Lipinski definition) is 15. The van der Waals surface area contributed by atoms with Gasteiger partial charge in [-0.05, 0) is 37.6 Å². The van der Waals surface area contributed by atoms with Crippen molar-refractivity contribution in [1.82, 2.24) is 0 Å². The number of hydrogen-bond donors (Lipinski definition) is 7. The van der Waals surface area contributed by atoms with Gasteiger partial charge in [0.05, 0.1) is 16.5 Å². The van der Waals surface area contributed by atoms with Crippen molar-refractivity contribution in [3.8, 4) is 17.2 Å². The molecule has 6 bridgehead atoms. The van der Waals surface area contributed by atoms with Gasteiger partial charge >= 0.3 is 11.9 Å². The van der Waals surface area contributed by atoms with Crippen molar-refractivity contribution in [3.63, 3.8) is 0 Å². The maximum absolute atomic E-state index is 12.9. The molecule has 7 fully saturated rings. The van der Waals surface area contributed by atoms with E-state index in [0.717, 1.165) is 12.1 Å². The number of phenolic OH excluding ortho intramolecular Hbond substituents is 3. The number of rotatable bonds is 8. The monoisotopic (exact) mass is 632 g/mol. The van der Waals surface area contributed by atoms with E-state index < -0.39 is 101 Å². The van der Waals surface area contributed by atoms with Crippen LogP contribution in [0.3, 0.4) is 0 Å². The number of aliphatic hydroxyl groups is 4. The Kier molecular flexibility index (Phi) is 6.68. The molecule has 0 aromatic heterocycles. The van der Waals surface area contributed by atoms with Crippen LogP contribution in [0.25, 0.3) is 0 Å². The fourth-order valence-electron chi connectivity index (χ4n) is 7.82. The summed E-state index contributed by atoms with van der Waals surface area (Å²) in [5, 5.41) is 72.6. The summed E-state index contributed by atoms with van der Waals surface area (Å²) in [5.74, 6) is -6.19. The Morgan fingerprint density at radius 1 is 0.911 bits per heavy atom. The van der Waals surface area contributed by atoms with Crippen LogP contribution in [0.2, 0.25) is 0 Å². The average molecular weight is 633 g/mol. The molecule has 2 aromatic carbocycles. The Hall–Kier alpha value is -3.54. The Labute approximate surface area is 255 Å². The third-order valence-electron chi connectivity index (χ3n) is 10.1. The second-order valence-electron chi connectivity index (χ2n) is 12.5. The van der Waals surface area contributed by atoms with Gasteiger partial charge in [0, 0.05) is 12.3 Å². The third kappa shape index (κ3) is 4.06. The highest BCUT2D eigenvalue weighted by molar-refractivity contribution is 5.91. The van der Waals surface area contributed by atoms with E-state index in [9.17, 15) is 45.3 Å². The van der Waals surface area contributed by atoms with Gasteiger partial charge in [0.15, 0.2) is 35.6 Å². The lowest BCUT2D eigenvalue weighted by molar-refractivity contribution is -0.424. The van der Waals surface area contributed by atoms with Crippen LogP contribution in [0, 0.1) is 11.3 Å². The van der Waals surface area contributed by atoms with E-state index in [2.05, 4.69) is 0 Å². The van der Waals surface area contributed by atoms with Crippen molar-refractivity contribution in [2.45, 2.75) is 73.8 Å². The van der Waals surface area contributed by atoms with Gasteiger partial charge in [-0.3, -0.25) is 0 Å². The van der Waals surface area contributed by atoms with Crippen molar-refractivity contribution in [3.05, 3.63) is 53.6 Å².